The summed E-state index contributed by atoms with van der Waals surface area (Å²) in [5, 5.41) is 0.375. The van der Waals surface area contributed by atoms with E-state index in [9.17, 15) is 9.59 Å². The molecule has 9 heteroatoms. The highest BCUT2D eigenvalue weighted by atomic mass is 35.5. The van der Waals surface area contributed by atoms with Crippen molar-refractivity contribution in [2.24, 2.45) is 4.99 Å². The third kappa shape index (κ3) is 4.83. The van der Waals surface area contributed by atoms with Crippen molar-refractivity contribution in [2.75, 3.05) is 20.3 Å². The lowest BCUT2D eigenvalue weighted by molar-refractivity contribution is -0.139. The van der Waals surface area contributed by atoms with Crippen molar-refractivity contribution in [3.63, 3.8) is 0 Å². The molecule has 188 valence electrons. The number of halogens is 1. The van der Waals surface area contributed by atoms with Crippen molar-refractivity contribution in [3.8, 4) is 11.5 Å². The number of carbonyl (C=O) groups excluding carboxylic acids is 1. The molecule has 0 fully saturated rings. The molecule has 1 aromatic heterocycles. The Bertz CT molecular complexity index is 1520. The molecule has 7 nitrogen and oxygen atoms in total. The minimum Gasteiger partial charge on any atom is -0.491 e. The van der Waals surface area contributed by atoms with Gasteiger partial charge in [-0.25, -0.2) is 9.79 Å². The van der Waals surface area contributed by atoms with Crippen molar-refractivity contribution in [1.29, 1.82) is 0 Å². The van der Waals surface area contributed by atoms with Gasteiger partial charge in [0.1, 0.15) is 0 Å². The van der Waals surface area contributed by atoms with Gasteiger partial charge in [-0.3, -0.25) is 9.36 Å². The number of hydrogen-bond acceptors (Lipinski definition) is 7. The SMILES string of the molecule is CCOC(=O)C1=C(C)N=c2s/c(=C/c3cc(Cl)c(OC)c(OCC)c3)c(=O)n2[C@H]1c1ccc(C)cc1. The third-order valence-corrected chi connectivity index (χ3v) is 7.01. The highest BCUT2D eigenvalue weighted by Crippen LogP contribution is 2.36. The van der Waals surface area contributed by atoms with E-state index in [1.165, 1.54) is 18.4 Å². The maximum atomic E-state index is 13.7. The summed E-state index contributed by atoms with van der Waals surface area (Å²) in [6.07, 6.45) is 1.74. The van der Waals surface area contributed by atoms with Crippen LogP contribution in [-0.4, -0.2) is 30.9 Å². The summed E-state index contributed by atoms with van der Waals surface area (Å²) in [6.45, 7) is 8.03. The largest absolute Gasteiger partial charge is 0.491 e. The summed E-state index contributed by atoms with van der Waals surface area (Å²) in [7, 11) is 1.52. The standard InChI is InChI=1S/C27H27ClN2O5S/c1-6-34-20-13-17(12-19(28)24(20)33-5)14-21-25(31)30-23(18-10-8-15(3)9-11-18)22(26(32)35-7-2)16(4)29-27(30)36-21/h8-14,23H,6-7H2,1-5H3/b21-14+/t23-/m0/s1. The number of esters is 1. The average molecular weight is 527 g/mol. The zero-order valence-electron chi connectivity index (χ0n) is 20.8. The number of hydrogen-bond donors (Lipinski definition) is 0. The average Bonchev–Trinajstić information content (AvgIpc) is 3.13. The Morgan fingerprint density at radius 1 is 1.17 bits per heavy atom. The van der Waals surface area contributed by atoms with Crippen LogP contribution in [0.1, 0.15) is 43.5 Å². The molecule has 0 amide bonds. The lowest BCUT2D eigenvalue weighted by atomic mass is 9.95. The van der Waals surface area contributed by atoms with Crippen LogP contribution < -0.4 is 24.4 Å². The monoisotopic (exact) mass is 526 g/mol. The molecule has 1 aliphatic rings. The van der Waals surface area contributed by atoms with E-state index in [1.54, 1.807) is 36.6 Å². The maximum absolute atomic E-state index is 13.7. The van der Waals surface area contributed by atoms with Gasteiger partial charge in [0.15, 0.2) is 16.3 Å². The maximum Gasteiger partial charge on any atom is 0.338 e. The van der Waals surface area contributed by atoms with Crippen molar-refractivity contribution >= 4 is 35.0 Å². The summed E-state index contributed by atoms with van der Waals surface area (Å²) in [4.78, 5) is 31.8. The van der Waals surface area contributed by atoms with Crippen LogP contribution in [0.4, 0.5) is 0 Å². The fourth-order valence-electron chi connectivity index (χ4n) is 4.14. The fourth-order valence-corrected chi connectivity index (χ4v) is 5.48. The molecule has 0 saturated carbocycles. The first kappa shape index (κ1) is 25.7. The van der Waals surface area contributed by atoms with Crippen LogP contribution in [0, 0.1) is 6.92 Å². The van der Waals surface area contributed by atoms with E-state index in [-0.39, 0.29) is 12.2 Å². The highest BCUT2D eigenvalue weighted by Gasteiger charge is 2.33. The molecule has 1 atom stereocenters. The van der Waals surface area contributed by atoms with Crippen molar-refractivity contribution < 1.29 is 19.0 Å². The number of thiazole rings is 1. The zero-order chi connectivity index (χ0) is 26.0. The van der Waals surface area contributed by atoms with Gasteiger partial charge in [0.25, 0.3) is 5.56 Å². The van der Waals surface area contributed by atoms with E-state index in [1.807, 2.05) is 38.1 Å². The number of carbonyl (C=O) groups is 1. The third-order valence-electron chi connectivity index (χ3n) is 5.74. The predicted molar refractivity (Wildman–Crippen MR) is 141 cm³/mol. The molecule has 3 aromatic rings. The van der Waals surface area contributed by atoms with Crippen LogP contribution in [0.25, 0.3) is 6.08 Å². The number of rotatable bonds is 7. The van der Waals surface area contributed by atoms with Gasteiger partial charge in [-0.05, 0) is 57.0 Å². The predicted octanol–water partition coefficient (Wildman–Crippen LogP) is 4.17. The van der Waals surface area contributed by atoms with Gasteiger partial charge in [0.2, 0.25) is 0 Å². The lowest BCUT2D eigenvalue weighted by Crippen LogP contribution is -2.39. The molecule has 0 bridgehead atoms. The number of fused-ring (bicyclic) bond motifs is 1. The molecule has 4 rings (SSSR count). The number of aryl methyl sites for hydroxylation is 1. The number of nitrogens with zero attached hydrogens (tertiary/aromatic N) is 2. The van der Waals surface area contributed by atoms with Gasteiger partial charge < -0.3 is 14.2 Å². The quantitative estimate of drug-likeness (QED) is 0.432. The van der Waals surface area contributed by atoms with E-state index in [0.717, 1.165) is 11.1 Å². The van der Waals surface area contributed by atoms with Crippen LogP contribution in [0.5, 0.6) is 11.5 Å². The minimum atomic E-state index is -0.651. The molecular weight excluding hydrogens is 500 g/mol. The molecule has 0 unspecified atom stereocenters. The van der Waals surface area contributed by atoms with Crippen molar-refractivity contribution in [2.45, 2.75) is 33.7 Å². The normalized spacial score (nSPS) is 15.4. The molecule has 0 aliphatic carbocycles. The van der Waals surface area contributed by atoms with Gasteiger partial charge in [0, 0.05) is 0 Å². The molecule has 0 saturated heterocycles. The Morgan fingerprint density at radius 2 is 1.89 bits per heavy atom. The molecule has 36 heavy (non-hydrogen) atoms. The van der Waals surface area contributed by atoms with E-state index in [0.29, 0.717) is 49.3 Å². The number of ether oxygens (including phenoxy) is 3. The molecule has 0 spiro atoms. The van der Waals surface area contributed by atoms with Crippen LogP contribution in [0.2, 0.25) is 5.02 Å². The zero-order valence-corrected chi connectivity index (χ0v) is 22.3. The summed E-state index contributed by atoms with van der Waals surface area (Å²) in [6, 6.07) is 10.6. The molecule has 1 aliphatic heterocycles. The fraction of sp³-hybridized carbons (Fsp3) is 0.296. The first-order valence-corrected chi connectivity index (χ1v) is 12.7. The Labute approximate surface area is 217 Å². The number of methoxy groups -OCH3 is 1. The van der Waals surface area contributed by atoms with E-state index < -0.39 is 12.0 Å². The Balaban J connectivity index is 1.93. The van der Waals surface area contributed by atoms with Gasteiger partial charge in [0.05, 0.1) is 47.2 Å². The second kappa shape index (κ2) is 10.7. The number of allylic oxidation sites excluding steroid dienone is 1. The second-order valence-corrected chi connectivity index (χ2v) is 9.60. The van der Waals surface area contributed by atoms with Gasteiger partial charge in [-0.15, -0.1) is 0 Å². The van der Waals surface area contributed by atoms with E-state index in [2.05, 4.69) is 4.99 Å². The second-order valence-electron chi connectivity index (χ2n) is 8.18. The first-order valence-electron chi connectivity index (χ1n) is 11.6. The van der Waals surface area contributed by atoms with Crippen molar-refractivity contribution in [3.05, 3.63) is 89.1 Å². The summed E-state index contributed by atoms with van der Waals surface area (Å²) >= 11 is 7.67. The molecular formula is C27H27ClN2O5S. The molecule has 2 aromatic carbocycles. The summed E-state index contributed by atoms with van der Waals surface area (Å²) in [5.74, 6) is 0.442. The Kier molecular flexibility index (Phi) is 7.66. The topological polar surface area (TPSA) is 79.1 Å². The molecule has 2 heterocycles. The van der Waals surface area contributed by atoms with E-state index in [4.69, 9.17) is 25.8 Å². The lowest BCUT2D eigenvalue weighted by Gasteiger charge is -2.24. The molecule has 0 N–H and O–H groups in total. The van der Waals surface area contributed by atoms with Gasteiger partial charge in [-0.2, -0.15) is 0 Å². The highest BCUT2D eigenvalue weighted by molar-refractivity contribution is 7.07. The van der Waals surface area contributed by atoms with Crippen LogP contribution in [0.3, 0.4) is 0 Å². The molecule has 0 radical (unpaired) electrons. The van der Waals surface area contributed by atoms with Crippen LogP contribution >= 0.6 is 22.9 Å². The first-order chi connectivity index (χ1) is 17.3. The Morgan fingerprint density at radius 3 is 2.53 bits per heavy atom. The summed E-state index contributed by atoms with van der Waals surface area (Å²) in [5.41, 5.74) is 3.18. The van der Waals surface area contributed by atoms with Crippen LogP contribution in [0.15, 0.2) is 57.5 Å². The number of benzene rings is 2. The van der Waals surface area contributed by atoms with Gasteiger partial charge >= 0.3 is 5.97 Å². The van der Waals surface area contributed by atoms with E-state index >= 15 is 0 Å². The Hall–Kier alpha value is -3.36. The smallest absolute Gasteiger partial charge is 0.338 e. The summed E-state index contributed by atoms with van der Waals surface area (Å²) < 4.78 is 18.4. The number of aromatic nitrogens is 1. The van der Waals surface area contributed by atoms with Crippen LogP contribution in [-0.2, 0) is 9.53 Å². The van der Waals surface area contributed by atoms with Crippen molar-refractivity contribution in [1.82, 2.24) is 4.57 Å². The minimum absolute atomic E-state index is 0.223. The van der Waals surface area contributed by atoms with Gasteiger partial charge in [-0.1, -0.05) is 52.8 Å².